The molecule has 1 aliphatic carbocycles. The number of carbonyl (C=O) groups excluding carboxylic acids is 1. The second-order valence-electron chi connectivity index (χ2n) is 5.67. The van der Waals surface area contributed by atoms with E-state index in [0.29, 0.717) is 12.2 Å². The molecule has 2 atom stereocenters. The average molecular weight is 279 g/mol. The van der Waals surface area contributed by atoms with Gasteiger partial charge in [-0.15, -0.1) is 0 Å². The van der Waals surface area contributed by atoms with Gasteiger partial charge < -0.3 is 10.0 Å². The number of carboxylic acid groups (broad SMARTS) is 1. The van der Waals surface area contributed by atoms with E-state index in [1.807, 2.05) is 6.92 Å². The third-order valence-corrected chi connectivity index (χ3v) is 4.08. The van der Waals surface area contributed by atoms with E-state index in [1.165, 1.54) is 29.2 Å². The van der Waals surface area contributed by atoms with E-state index >= 15 is 0 Å². The summed E-state index contributed by atoms with van der Waals surface area (Å²) in [4.78, 5) is 25.2. The number of rotatable bonds is 4. The van der Waals surface area contributed by atoms with Crippen LogP contribution in [0.15, 0.2) is 24.3 Å². The fourth-order valence-electron chi connectivity index (χ4n) is 2.81. The summed E-state index contributed by atoms with van der Waals surface area (Å²) in [5.41, 5.74) is 0.0573. The lowest BCUT2D eigenvalue weighted by atomic mass is 10.1. The van der Waals surface area contributed by atoms with Gasteiger partial charge in [0.1, 0.15) is 5.82 Å². The number of aliphatic carboxylic acids is 1. The Labute approximate surface area is 117 Å². The number of nitrogens with zero attached hydrogens (tertiary/aromatic N) is 1. The van der Waals surface area contributed by atoms with Crippen LogP contribution in [0.3, 0.4) is 0 Å². The molecule has 0 saturated heterocycles. The fraction of sp³-hybridized carbons (Fsp3) is 0.467. The molecule has 0 spiro atoms. The number of halogens is 1. The van der Waals surface area contributed by atoms with Gasteiger partial charge in [-0.1, -0.05) is 13.8 Å². The van der Waals surface area contributed by atoms with Crippen LogP contribution < -0.4 is 4.90 Å². The first-order valence-electron chi connectivity index (χ1n) is 6.60. The lowest BCUT2D eigenvalue weighted by molar-refractivity contribution is -0.140. The monoisotopic (exact) mass is 279 g/mol. The number of amides is 1. The fourth-order valence-corrected chi connectivity index (χ4v) is 2.81. The summed E-state index contributed by atoms with van der Waals surface area (Å²) < 4.78 is 12.9. The van der Waals surface area contributed by atoms with Crippen LogP contribution in [-0.4, -0.2) is 23.5 Å². The van der Waals surface area contributed by atoms with Crippen molar-refractivity contribution in [1.82, 2.24) is 0 Å². The molecule has 0 heterocycles. The zero-order valence-corrected chi connectivity index (χ0v) is 11.8. The Balaban J connectivity index is 2.23. The van der Waals surface area contributed by atoms with Crippen molar-refractivity contribution in [2.24, 2.45) is 17.3 Å². The number of benzene rings is 1. The standard InChI is InChI=1S/C15H18FNO3/c1-4-17(10-7-5-9(16)6-8-10)13(18)11-12(14(19)20)15(11,2)3/h5-8,11-12H,4H2,1-3H3,(H,19,20)/t11-,12+/m1/s1. The molecule has 1 aliphatic rings. The predicted octanol–water partition coefficient (Wildman–Crippen LogP) is 2.54. The van der Waals surface area contributed by atoms with Crippen LogP contribution in [0.5, 0.6) is 0 Å². The van der Waals surface area contributed by atoms with Gasteiger partial charge in [0.25, 0.3) is 0 Å². The third kappa shape index (κ3) is 2.28. The van der Waals surface area contributed by atoms with Crippen LogP contribution in [0.2, 0.25) is 0 Å². The molecule has 1 fully saturated rings. The molecule has 5 heteroatoms. The van der Waals surface area contributed by atoms with Crippen LogP contribution in [0.1, 0.15) is 20.8 Å². The molecule has 2 rings (SSSR count). The molecule has 0 aliphatic heterocycles. The van der Waals surface area contributed by atoms with Crippen LogP contribution in [0.4, 0.5) is 10.1 Å². The first-order chi connectivity index (χ1) is 9.30. The van der Waals surface area contributed by atoms with Crippen LogP contribution >= 0.6 is 0 Å². The Hall–Kier alpha value is -1.91. The zero-order valence-electron chi connectivity index (χ0n) is 11.8. The molecule has 0 bridgehead atoms. The SMILES string of the molecule is CCN(C(=O)[C@H]1[C@@H](C(=O)O)C1(C)C)c1ccc(F)cc1. The van der Waals surface area contributed by atoms with E-state index in [0.717, 1.165) is 0 Å². The summed E-state index contributed by atoms with van der Waals surface area (Å²) in [5, 5.41) is 9.15. The highest BCUT2D eigenvalue weighted by Crippen LogP contribution is 2.59. The van der Waals surface area contributed by atoms with Gasteiger partial charge >= 0.3 is 5.97 Å². The van der Waals surface area contributed by atoms with Crippen molar-refractivity contribution in [2.45, 2.75) is 20.8 Å². The molecule has 20 heavy (non-hydrogen) atoms. The number of anilines is 1. The Morgan fingerprint density at radius 3 is 2.20 bits per heavy atom. The van der Waals surface area contributed by atoms with Gasteiger partial charge in [0, 0.05) is 12.2 Å². The summed E-state index contributed by atoms with van der Waals surface area (Å²) >= 11 is 0. The van der Waals surface area contributed by atoms with Gasteiger partial charge in [0.05, 0.1) is 11.8 Å². The van der Waals surface area contributed by atoms with E-state index in [-0.39, 0.29) is 11.7 Å². The summed E-state index contributed by atoms with van der Waals surface area (Å²) in [6.45, 7) is 5.80. The Kier molecular flexibility index (Phi) is 3.54. The van der Waals surface area contributed by atoms with E-state index in [4.69, 9.17) is 5.11 Å². The second-order valence-corrected chi connectivity index (χ2v) is 5.67. The van der Waals surface area contributed by atoms with Crippen LogP contribution in [0, 0.1) is 23.1 Å². The van der Waals surface area contributed by atoms with Gasteiger partial charge in [-0.05, 0) is 36.6 Å². The number of carboxylic acids is 1. The molecule has 0 unspecified atom stereocenters. The van der Waals surface area contributed by atoms with Gasteiger partial charge in [0.15, 0.2) is 0 Å². The van der Waals surface area contributed by atoms with Crippen molar-refractivity contribution in [2.75, 3.05) is 11.4 Å². The Bertz CT molecular complexity index is 539. The van der Waals surface area contributed by atoms with Crippen molar-refractivity contribution in [3.8, 4) is 0 Å². The highest BCUT2D eigenvalue weighted by molar-refractivity contribution is 6.01. The van der Waals surface area contributed by atoms with Gasteiger partial charge in [-0.2, -0.15) is 0 Å². The molecule has 1 aromatic rings. The summed E-state index contributed by atoms with van der Waals surface area (Å²) in [6.07, 6.45) is 0. The minimum Gasteiger partial charge on any atom is -0.481 e. The van der Waals surface area contributed by atoms with Gasteiger partial charge in [-0.3, -0.25) is 9.59 Å². The Morgan fingerprint density at radius 2 is 1.80 bits per heavy atom. The lowest BCUT2D eigenvalue weighted by Crippen LogP contribution is -2.33. The first kappa shape index (κ1) is 14.5. The van der Waals surface area contributed by atoms with Crippen molar-refractivity contribution in [1.29, 1.82) is 0 Å². The molecule has 4 nitrogen and oxygen atoms in total. The Morgan fingerprint density at radius 1 is 1.25 bits per heavy atom. The second kappa shape index (κ2) is 4.89. The molecule has 1 saturated carbocycles. The van der Waals surface area contributed by atoms with E-state index in [2.05, 4.69) is 0 Å². The van der Waals surface area contributed by atoms with Gasteiger partial charge in [-0.25, -0.2) is 4.39 Å². The van der Waals surface area contributed by atoms with E-state index in [9.17, 15) is 14.0 Å². The molecule has 0 radical (unpaired) electrons. The minimum absolute atomic E-state index is 0.212. The van der Waals surface area contributed by atoms with Gasteiger partial charge in [0.2, 0.25) is 5.91 Å². The van der Waals surface area contributed by atoms with Crippen molar-refractivity contribution in [3.05, 3.63) is 30.1 Å². The first-order valence-corrected chi connectivity index (χ1v) is 6.60. The quantitative estimate of drug-likeness (QED) is 0.921. The zero-order chi connectivity index (χ0) is 15.1. The number of hydrogen-bond donors (Lipinski definition) is 1. The third-order valence-electron chi connectivity index (χ3n) is 4.08. The largest absolute Gasteiger partial charge is 0.481 e. The van der Waals surface area contributed by atoms with E-state index < -0.39 is 23.2 Å². The minimum atomic E-state index is -0.941. The summed E-state index contributed by atoms with van der Waals surface area (Å²) in [7, 11) is 0. The van der Waals surface area contributed by atoms with Crippen molar-refractivity contribution < 1.29 is 19.1 Å². The number of carbonyl (C=O) groups is 2. The van der Waals surface area contributed by atoms with E-state index in [1.54, 1.807) is 13.8 Å². The predicted molar refractivity (Wildman–Crippen MR) is 72.8 cm³/mol. The maximum absolute atomic E-state index is 12.9. The topological polar surface area (TPSA) is 57.6 Å². The highest BCUT2D eigenvalue weighted by Gasteiger charge is 2.66. The molecule has 108 valence electrons. The maximum Gasteiger partial charge on any atom is 0.307 e. The lowest BCUT2D eigenvalue weighted by Gasteiger charge is -2.21. The normalized spacial score (nSPS) is 23.2. The van der Waals surface area contributed by atoms with Crippen molar-refractivity contribution >= 4 is 17.6 Å². The molecule has 1 aromatic carbocycles. The molecule has 1 N–H and O–H groups in total. The highest BCUT2D eigenvalue weighted by atomic mass is 19.1. The average Bonchev–Trinajstić information content (AvgIpc) is 2.95. The smallest absolute Gasteiger partial charge is 0.307 e. The molecule has 0 aromatic heterocycles. The summed E-state index contributed by atoms with van der Waals surface area (Å²) in [5.74, 6) is -2.69. The summed E-state index contributed by atoms with van der Waals surface area (Å²) in [6, 6.07) is 5.64. The van der Waals surface area contributed by atoms with Crippen molar-refractivity contribution in [3.63, 3.8) is 0 Å². The number of hydrogen-bond acceptors (Lipinski definition) is 2. The van der Waals surface area contributed by atoms with Crippen LogP contribution in [0.25, 0.3) is 0 Å². The maximum atomic E-state index is 12.9. The molecule has 1 amide bonds. The molecular weight excluding hydrogens is 261 g/mol. The van der Waals surface area contributed by atoms with Crippen LogP contribution in [-0.2, 0) is 9.59 Å². The molecular formula is C15H18FNO3.